The number of thiocarbonyl (C=S) groups is 1. The molecule has 0 saturated heterocycles. The van der Waals surface area contributed by atoms with E-state index in [1.807, 2.05) is 43.3 Å². The molecule has 3 N–H and O–H groups in total. The minimum atomic E-state index is -0.351. The Morgan fingerprint density at radius 2 is 2.00 bits per heavy atom. The molecule has 1 unspecified atom stereocenters. The lowest BCUT2D eigenvalue weighted by Crippen LogP contribution is -2.45. The van der Waals surface area contributed by atoms with Gasteiger partial charge in [0.25, 0.3) is 5.91 Å². The number of amides is 1. The lowest BCUT2D eigenvalue weighted by Gasteiger charge is -2.30. The number of carbonyl (C=O) groups is 1. The van der Waals surface area contributed by atoms with E-state index in [0.29, 0.717) is 27.8 Å². The SMILES string of the molecule is COc1ccccc1NC(=O)C1=C(C)NC(=S)NC1c1cccc(Br)c1. The lowest BCUT2D eigenvalue weighted by atomic mass is 9.95. The van der Waals surface area contributed by atoms with Gasteiger partial charge in [-0.05, 0) is 49.0 Å². The van der Waals surface area contributed by atoms with Crippen LogP contribution in [0.25, 0.3) is 0 Å². The van der Waals surface area contributed by atoms with Crippen LogP contribution in [0.2, 0.25) is 0 Å². The van der Waals surface area contributed by atoms with E-state index in [1.54, 1.807) is 19.2 Å². The molecule has 1 aliphatic rings. The van der Waals surface area contributed by atoms with Crippen LogP contribution in [-0.2, 0) is 4.79 Å². The summed E-state index contributed by atoms with van der Waals surface area (Å²) in [6.07, 6.45) is 0. The highest BCUT2D eigenvalue weighted by Crippen LogP contribution is 2.30. The predicted octanol–water partition coefficient (Wildman–Crippen LogP) is 3.89. The van der Waals surface area contributed by atoms with Gasteiger partial charge in [0.1, 0.15) is 5.75 Å². The van der Waals surface area contributed by atoms with Gasteiger partial charge in [-0.1, -0.05) is 40.2 Å². The number of rotatable bonds is 4. The number of allylic oxidation sites excluding steroid dienone is 1. The minimum Gasteiger partial charge on any atom is -0.495 e. The fraction of sp³-hybridized carbons (Fsp3) is 0.158. The molecule has 0 bridgehead atoms. The normalized spacial score (nSPS) is 16.6. The molecule has 0 aromatic heterocycles. The zero-order valence-electron chi connectivity index (χ0n) is 14.3. The number of methoxy groups -OCH3 is 1. The minimum absolute atomic E-state index is 0.223. The van der Waals surface area contributed by atoms with Crippen molar-refractivity contribution in [2.75, 3.05) is 12.4 Å². The molecule has 134 valence electrons. The zero-order valence-corrected chi connectivity index (χ0v) is 16.7. The highest BCUT2D eigenvalue weighted by Gasteiger charge is 2.30. The fourth-order valence-electron chi connectivity index (χ4n) is 2.87. The highest BCUT2D eigenvalue weighted by atomic mass is 79.9. The zero-order chi connectivity index (χ0) is 18.7. The molecule has 0 fully saturated rings. The Morgan fingerprint density at radius 3 is 2.73 bits per heavy atom. The first-order valence-corrected chi connectivity index (χ1v) is 9.18. The Bertz CT molecular complexity index is 898. The summed E-state index contributed by atoms with van der Waals surface area (Å²) in [6.45, 7) is 1.84. The first kappa shape index (κ1) is 18.4. The van der Waals surface area contributed by atoms with E-state index in [2.05, 4.69) is 31.9 Å². The maximum Gasteiger partial charge on any atom is 0.255 e. The number of halogens is 1. The monoisotopic (exact) mass is 431 g/mol. The Hall–Kier alpha value is -2.38. The van der Waals surface area contributed by atoms with E-state index in [1.165, 1.54) is 0 Å². The van der Waals surface area contributed by atoms with Crippen LogP contribution in [-0.4, -0.2) is 18.1 Å². The molecular formula is C19H18BrN3O2S. The Kier molecular flexibility index (Phi) is 5.58. The molecule has 26 heavy (non-hydrogen) atoms. The molecule has 5 nitrogen and oxygen atoms in total. The number of carbonyl (C=O) groups excluding carboxylic acids is 1. The smallest absolute Gasteiger partial charge is 0.255 e. The van der Waals surface area contributed by atoms with E-state index < -0.39 is 0 Å². The van der Waals surface area contributed by atoms with Gasteiger partial charge in [-0.15, -0.1) is 0 Å². The van der Waals surface area contributed by atoms with E-state index in [4.69, 9.17) is 17.0 Å². The number of benzene rings is 2. The largest absolute Gasteiger partial charge is 0.495 e. The molecule has 1 heterocycles. The second kappa shape index (κ2) is 7.88. The van der Waals surface area contributed by atoms with Crippen molar-refractivity contribution in [3.05, 3.63) is 69.8 Å². The quantitative estimate of drug-likeness (QED) is 0.640. The van der Waals surface area contributed by atoms with Crippen molar-refractivity contribution in [2.24, 2.45) is 0 Å². The summed E-state index contributed by atoms with van der Waals surface area (Å²) in [5.41, 5.74) is 2.84. The van der Waals surface area contributed by atoms with Crippen molar-refractivity contribution >= 4 is 44.9 Å². The molecule has 0 saturated carbocycles. The average Bonchev–Trinajstić information content (AvgIpc) is 2.61. The van der Waals surface area contributed by atoms with E-state index in [0.717, 1.165) is 10.0 Å². The summed E-state index contributed by atoms with van der Waals surface area (Å²) in [5, 5.41) is 9.64. The van der Waals surface area contributed by atoms with Gasteiger partial charge < -0.3 is 20.7 Å². The maximum atomic E-state index is 13.1. The third-order valence-corrected chi connectivity index (χ3v) is 4.76. The number of ether oxygens (including phenoxy) is 1. The number of para-hydroxylation sites is 2. The van der Waals surface area contributed by atoms with Gasteiger partial charge >= 0.3 is 0 Å². The molecule has 1 amide bonds. The second-order valence-corrected chi connectivity index (χ2v) is 7.10. The van der Waals surface area contributed by atoms with E-state index in [-0.39, 0.29) is 11.9 Å². The fourth-order valence-corrected chi connectivity index (χ4v) is 3.56. The van der Waals surface area contributed by atoms with E-state index in [9.17, 15) is 4.79 Å². The highest BCUT2D eigenvalue weighted by molar-refractivity contribution is 9.10. The first-order valence-electron chi connectivity index (χ1n) is 7.97. The summed E-state index contributed by atoms with van der Waals surface area (Å²) in [7, 11) is 1.57. The van der Waals surface area contributed by atoms with Crippen LogP contribution in [0, 0.1) is 0 Å². The van der Waals surface area contributed by atoms with Gasteiger partial charge in [0.15, 0.2) is 5.11 Å². The maximum absolute atomic E-state index is 13.1. The van der Waals surface area contributed by atoms with Crippen LogP contribution in [0.15, 0.2) is 64.3 Å². The molecule has 2 aromatic carbocycles. The Balaban J connectivity index is 1.97. The van der Waals surface area contributed by atoms with Crippen molar-refractivity contribution < 1.29 is 9.53 Å². The van der Waals surface area contributed by atoms with Crippen LogP contribution in [0.1, 0.15) is 18.5 Å². The van der Waals surface area contributed by atoms with Crippen molar-refractivity contribution in [1.29, 1.82) is 0 Å². The Morgan fingerprint density at radius 1 is 1.23 bits per heavy atom. The van der Waals surface area contributed by atoms with Crippen molar-refractivity contribution in [2.45, 2.75) is 13.0 Å². The lowest BCUT2D eigenvalue weighted by molar-refractivity contribution is -0.113. The van der Waals surface area contributed by atoms with Crippen LogP contribution in [0.3, 0.4) is 0 Å². The summed E-state index contributed by atoms with van der Waals surface area (Å²) in [4.78, 5) is 13.1. The van der Waals surface area contributed by atoms with Gasteiger partial charge in [0, 0.05) is 10.2 Å². The summed E-state index contributed by atoms with van der Waals surface area (Å²) in [6, 6.07) is 14.7. The molecule has 0 radical (unpaired) electrons. The molecule has 1 aliphatic heterocycles. The third-order valence-electron chi connectivity index (χ3n) is 4.05. The molecule has 1 atom stereocenters. The van der Waals surface area contributed by atoms with Crippen LogP contribution in [0.5, 0.6) is 5.75 Å². The van der Waals surface area contributed by atoms with E-state index >= 15 is 0 Å². The topological polar surface area (TPSA) is 62.4 Å². The van der Waals surface area contributed by atoms with Crippen LogP contribution < -0.4 is 20.7 Å². The van der Waals surface area contributed by atoms with Gasteiger partial charge in [-0.25, -0.2) is 0 Å². The first-order chi connectivity index (χ1) is 12.5. The van der Waals surface area contributed by atoms with Gasteiger partial charge in [0.05, 0.1) is 24.4 Å². The number of hydrogen-bond acceptors (Lipinski definition) is 3. The molecule has 0 spiro atoms. The summed E-state index contributed by atoms with van der Waals surface area (Å²) < 4.78 is 6.25. The molecule has 7 heteroatoms. The average molecular weight is 432 g/mol. The third kappa shape index (κ3) is 3.89. The standard InChI is InChI=1S/C19H18BrN3O2S/c1-11-16(18(24)22-14-8-3-4-9-15(14)25-2)17(23-19(26)21-11)12-6-5-7-13(20)10-12/h3-10,17H,1-2H3,(H,22,24)(H2,21,23,26). The molecular weight excluding hydrogens is 414 g/mol. The summed E-state index contributed by atoms with van der Waals surface area (Å²) >= 11 is 8.76. The second-order valence-electron chi connectivity index (χ2n) is 5.78. The van der Waals surface area contributed by atoms with Crippen molar-refractivity contribution in [3.8, 4) is 5.75 Å². The van der Waals surface area contributed by atoms with Gasteiger partial charge in [-0.3, -0.25) is 4.79 Å². The van der Waals surface area contributed by atoms with Crippen molar-refractivity contribution in [3.63, 3.8) is 0 Å². The van der Waals surface area contributed by atoms with Crippen LogP contribution >= 0.6 is 28.1 Å². The summed E-state index contributed by atoms with van der Waals surface area (Å²) in [5.74, 6) is 0.379. The number of nitrogens with one attached hydrogen (secondary N) is 3. The predicted molar refractivity (Wildman–Crippen MR) is 110 cm³/mol. The number of hydrogen-bond donors (Lipinski definition) is 3. The molecule has 2 aromatic rings. The van der Waals surface area contributed by atoms with Crippen molar-refractivity contribution in [1.82, 2.24) is 10.6 Å². The van der Waals surface area contributed by atoms with Gasteiger partial charge in [-0.2, -0.15) is 0 Å². The Labute approximate surface area is 165 Å². The van der Waals surface area contributed by atoms with Crippen LogP contribution in [0.4, 0.5) is 5.69 Å². The molecule has 0 aliphatic carbocycles. The van der Waals surface area contributed by atoms with Gasteiger partial charge in [0.2, 0.25) is 0 Å². The molecule has 3 rings (SSSR count). The number of anilines is 1.